The molecule has 0 N–H and O–H groups in total. The first kappa shape index (κ1) is 20.9. The maximum atomic E-state index is 12.9. The number of nitrogens with zero attached hydrogens (tertiary/aromatic N) is 2. The predicted molar refractivity (Wildman–Crippen MR) is 120 cm³/mol. The van der Waals surface area contributed by atoms with Crippen molar-refractivity contribution in [2.75, 3.05) is 26.2 Å². The van der Waals surface area contributed by atoms with Crippen LogP contribution in [-0.2, 0) is 17.9 Å². The van der Waals surface area contributed by atoms with Gasteiger partial charge in [0.05, 0.1) is 0 Å². The minimum atomic E-state index is 0.215. The fourth-order valence-corrected chi connectivity index (χ4v) is 4.72. The Morgan fingerprint density at radius 1 is 0.967 bits per heavy atom. The van der Waals surface area contributed by atoms with Crippen molar-refractivity contribution in [1.29, 1.82) is 0 Å². The molecule has 0 aromatic heterocycles. The summed E-state index contributed by atoms with van der Waals surface area (Å²) in [6.45, 7) is 7.68. The van der Waals surface area contributed by atoms with E-state index in [-0.39, 0.29) is 5.92 Å². The van der Waals surface area contributed by atoms with Crippen molar-refractivity contribution in [2.45, 2.75) is 45.8 Å². The van der Waals surface area contributed by atoms with Gasteiger partial charge in [0, 0.05) is 25.6 Å². The molecule has 1 amide bonds. The van der Waals surface area contributed by atoms with Crippen LogP contribution in [-0.4, -0.2) is 41.9 Å². The second kappa shape index (κ2) is 10.1. The van der Waals surface area contributed by atoms with Crippen LogP contribution >= 0.6 is 0 Å². The lowest BCUT2D eigenvalue weighted by Crippen LogP contribution is -2.45. The van der Waals surface area contributed by atoms with Crippen LogP contribution in [0.4, 0.5) is 0 Å². The lowest BCUT2D eigenvalue weighted by molar-refractivity contribution is -0.138. The van der Waals surface area contributed by atoms with Crippen LogP contribution in [0, 0.1) is 11.8 Å². The number of likely N-dealkylation sites (tertiary alicyclic amines) is 2. The fraction of sp³-hybridized carbons (Fsp3) is 0.500. The van der Waals surface area contributed by atoms with Gasteiger partial charge in [-0.05, 0) is 68.0 Å². The number of rotatable bonds is 6. The average Bonchev–Trinajstić information content (AvgIpc) is 2.79. The number of benzene rings is 2. The average molecular weight is 407 g/mol. The minimum Gasteiger partial charge on any atom is -0.489 e. The maximum Gasteiger partial charge on any atom is 0.225 e. The highest BCUT2D eigenvalue weighted by Crippen LogP contribution is 2.25. The first-order valence-electron chi connectivity index (χ1n) is 11.4. The van der Waals surface area contributed by atoms with Gasteiger partial charge in [0.1, 0.15) is 12.4 Å². The molecule has 1 atom stereocenters. The van der Waals surface area contributed by atoms with E-state index in [0.717, 1.165) is 57.7 Å². The summed E-state index contributed by atoms with van der Waals surface area (Å²) in [4.78, 5) is 17.5. The first-order valence-corrected chi connectivity index (χ1v) is 11.4. The molecule has 0 bridgehead atoms. The van der Waals surface area contributed by atoms with E-state index in [0.29, 0.717) is 18.4 Å². The monoisotopic (exact) mass is 406 g/mol. The molecule has 2 aromatic rings. The molecule has 2 heterocycles. The van der Waals surface area contributed by atoms with Crippen molar-refractivity contribution in [3.63, 3.8) is 0 Å². The van der Waals surface area contributed by atoms with Gasteiger partial charge in [-0.25, -0.2) is 0 Å². The molecular formula is C26H34N2O2. The standard InChI is InChI=1S/C26H34N2O2/c1-21-7-6-14-28(18-21)26(29)24-12-15-27(16-13-24)19-23-10-5-11-25(17-23)30-20-22-8-3-2-4-9-22/h2-5,8-11,17,21,24H,6-7,12-16,18-20H2,1H3. The highest BCUT2D eigenvalue weighted by molar-refractivity contribution is 5.79. The molecule has 0 spiro atoms. The van der Waals surface area contributed by atoms with Crippen LogP contribution in [0.1, 0.15) is 43.7 Å². The molecule has 2 fully saturated rings. The van der Waals surface area contributed by atoms with Crippen LogP contribution in [0.5, 0.6) is 5.75 Å². The van der Waals surface area contributed by atoms with Crippen LogP contribution in [0.2, 0.25) is 0 Å². The van der Waals surface area contributed by atoms with Crippen LogP contribution < -0.4 is 4.74 Å². The zero-order valence-electron chi connectivity index (χ0n) is 18.1. The lowest BCUT2D eigenvalue weighted by Gasteiger charge is -2.37. The summed E-state index contributed by atoms with van der Waals surface area (Å²) in [6, 6.07) is 18.7. The van der Waals surface area contributed by atoms with E-state index in [1.54, 1.807) is 0 Å². The van der Waals surface area contributed by atoms with Crippen molar-refractivity contribution in [2.24, 2.45) is 11.8 Å². The van der Waals surface area contributed by atoms with Gasteiger partial charge in [0.25, 0.3) is 0 Å². The van der Waals surface area contributed by atoms with Gasteiger partial charge in [-0.1, -0.05) is 49.4 Å². The molecule has 2 aliphatic heterocycles. The Balaban J connectivity index is 1.25. The summed E-state index contributed by atoms with van der Waals surface area (Å²) in [5.41, 5.74) is 2.45. The van der Waals surface area contributed by atoms with Crippen LogP contribution in [0.15, 0.2) is 54.6 Å². The summed E-state index contributed by atoms with van der Waals surface area (Å²) in [7, 11) is 0. The first-order chi connectivity index (χ1) is 14.7. The number of hydrogen-bond acceptors (Lipinski definition) is 3. The molecule has 2 aromatic carbocycles. The van der Waals surface area contributed by atoms with Gasteiger partial charge >= 0.3 is 0 Å². The summed E-state index contributed by atoms with van der Waals surface area (Å²) >= 11 is 0. The summed E-state index contributed by atoms with van der Waals surface area (Å²) < 4.78 is 5.98. The highest BCUT2D eigenvalue weighted by atomic mass is 16.5. The SMILES string of the molecule is CC1CCCN(C(=O)C2CCN(Cc3cccc(OCc4ccccc4)c3)CC2)C1. The molecule has 4 heteroatoms. The van der Waals surface area contributed by atoms with Crippen molar-refractivity contribution in [1.82, 2.24) is 9.80 Å². The van der Waals surface area contributed by atoms with Gasteiger partial charge in [0.15, 0.2) is 0 Å². The van der Waals surface area contributed by atoms with E-state index in [4.69, 9.17) is 4.74 Å². The van der Waals surface area contributed by atoms with Gasteiger partial charge < -0.3 is 9.64 Å². The quantitative estimate of drug-likeness (QED) is 0.695. The van der Waals surface area contributed by atoms with Crippen molar-refractivity contribution in [3.05, 3.63) is 65.7 Å². The van der Waals surface area contributed by atoms with E-state index < -0.39 is 0 Å². The van der Waals surface area contributed by atoms with Gasteiger partial charge in [0.2, 0.25) is 5.91 Å². The molecule has 0 saturated carbocycles. The summed E-state index contributed by atoms with van der Waals surface area (Å²) in [5, 5.41) is 0. The Kier molecular flexibility index (Phi) is 7.06. The van der Waals surface area contributed by atoms with E-state index in [1.807, 2.05) is 24.3 Å². The maximum absolute atomic E-state index is 12.9. The Labute approximate surface area is 180 Å². The number of amides is 1. The molecule has 160 valence electrons. The predicted octanol–water partition coefficient (Wildman–Crippen LogP) is 4.74. The molecule has 1 unspecified atom stereocenters. The molecule has 4 nitrogen and oxygen atoms in total. The molecule has 2 aliphatic rings. The Morgan fingerprint density at radius 2 is 1.73 bits per heavy atom. The number of carbonyl (C=O) groups excluding carboxylic acids is 1. The molecule has 30 heavy (non-hydrogen) atoms. The minimum absolute atomic E-state index is 0.215. The zero-order chi connectivity index (χ0) is 20.8. The topological polar surface area (TPSA) is 32.8 Å². The van der Waals surface area contributed by atoms with Crippen molar-refractivity contribution in [3.8, 4) is 5.75 Å². The number of carbonyl (C=O) groups is 1. The number of hydrogen-bond donors (Lipinski definition) is 0. The normalized spacial score (nSPS) is 20.8. The molecule has 2 saturated heterocycles. The molecular weight excluding hydrogens is 372 g/mol. The third-order valence-corrected chi connectivity index (χ3v) is 6.46. The van der Waals surface area contributed by atoms with Gasteiger partial charge in [-0.3, -0.25) is 9.69 Å². The van der Waals surface area contributed by atoms with Gasteiger partial charge in [-0.2, -0.15) is 0 Å². The van der Waals surface area contributed by atoms with E-state index >= 15 is 0 Å². The largest absolute Gasteiger partial charge is 0.489 e. The highest BCUT2D eigenvalue weighted by Gasteiger charge is 2.30. The molecule has 0 aliphatic carbocycles. The van der Waals surface area contributed by atoms with Crippen LogP contribution in [0.25, 0.3) is 0 Å². The van der Waals surface area contributed by atoms with Crippen molar-refractivity contribution < 1.29 is 9.53 Å². The number of piperidine rings is 2. The lowest BCUT2D eigenvalue weighted by atomic mass is 9.92. The third-order valence-electron chi connectivity index (χ3n) is 6.46. The van der Waals surface area contributed by atoms with Crippen molar-refractivity contribution >= 4 is 5.91 Å². The molecule has 4 rings (SSSR count). The third kappa shape index (κ3) is 5.63. The van der Waals surface area contributed by atoms with Crippen LogP contribution in [0.3, 0.4) is 0 Å². The Hall–Kier alpha value is -2.33. The van der Waals surface area contributed by atoms with E-state index in [9.17, 15) is 4.79 Å². The fourth-order valence-electron chi connectivity index (χ4n) is 4.72. The second-order valence-electron chi connectivity index (χ2n) is 9.00. The van der Waals surface area contributed by atoms with E-state index in [2.05, 4.69) is 47.1 Å². The summed E-state index contributed by atoms with van der Waals surface area (Å²) in [5.74, 6) is 2.18. The zero-order valence-corrected chi connectivity index (χ0v) is 18.1. The smallest absolute Gasteiger partial charge is 0.225 e. The summed E-state index contributed by atoms with van der Waals surface area (Å²) in [6.07, 6.45) is 4.38. The second-order valence-corrected chi connectivity index (χ2v) is 9.00. The number of ether oxygens (including phenoxy) is 1. The van der Waals surface area contributed by atoms with E-state index in [1.165, 1.54) is 17.5 Å². The molecule has 0 radical (unpaired) electrons. The Morgan fingerprint density at radius 3 is 2.50 bits per heavy atom. The Bertz CT molecular complexity index is 815. The van der Waals surface area contributed by atoms with Gasteiger partial charge in [-0.15, -0.1) is 0 Å².